The minimum Gasteiger partial charge on any atom is -0.378 e. The summed E-state index contributed by atoms with van der Waals surface area (Å²) in [6, 6.07) is 9.87. The Morgan fingerprint density at radius 2 is 2.28 bits per heavy atom. The first-order valence-electron chi connectivity index (χ1n) is 5.41. The van der Waals surface area contributed by atoms with E-state index in [1.54, 1.807) is 18.0 Å². The Bertz CT molecular complexity index is 563. The number of anilines is 1. The van der Waals surface area contributed by atoms with Crippen LogP contribution >= 0.6 is 11.8 Å². The molecule has 0 amide bonds. The van der Waals surface area contributed by atoms with E-state index < -0.39 is 0 Å². The Morgan fingerprint density at radius 1 is 1.39 bits per heavy atom. The highest BCUT2D eigenvalue weighted by Gasteiger charge is 2.06. The molecule has 0 aliphatic carbocycles. The van der Waals surface area contributed by atoms with Crippen LogP contribution in [0, 0.1) is 11.3 Å². The molecule has 4 nitrogen and oxygen atoms in total. The number of hydrogen-bond acceptors (Lipinski definition) is 5. The first kappa shape index (κ1) is 12.4. The molecular weight excluding hydrogens is 244 g/mol. The topological polar surface area (TPSA) is 61.6 Å². The average molecular weight is 256 g/mol. The standard InChI is InChI=1S/C13H12N4S/c1-18-13-4-2-3-12(11(13)7-14)16-8-10-5-6-15-9-17-10/h2-6,9,16H,8H2,1H3. The van der Waals surface area contributed by atoms with Crippen LogP contribution in [0.25, 0.3) is 0 Å². The van der Waals surface area contributed by atoms with Gasteiger partial charge in [-0.05, 0) is 24.5 Å². The van der Waals surface area contributed by atoms with Crippen molar-refractivity contribution in [2.45, 2.75) is 11.4 Å². The zero-order valence-electron chi connectivity index (χ0n) is 9.92. The van der Waals surface area contributed by atoms with Crippen LogP contribution < -0.4 is 5.32 Å². The summed E-state index contributed by atoms with van der Waals surface area (Å²) in [7, 11) is 0. The van der Waals surface area contributed by atoms with Gasteiger partial charge in [0, 0.05) is 11.1 Å². The van der Waals surface area contributed by atoms with Crippen LogP contribution in [0.4, 0.5) is 5.69 Å². The molecule has 90 valence electrons. The van der Waals surface area contributed by atoms with Crippen molar-refractivity contribution in [2.75, 3.05) is 11.6 Å². The molecular formula is C13H12N4S. The van der Waals surface area contributed by atoms with E-state index in [4.69, 9.17) is 0 Å². The predicted molar refractivity (Wildman–Crippen MR) is 72.3 cm³/mol. The number of hydrogen-bond donors (Lipinski definition) is 1. The van der Waals surface area contributed by atoms with Gasteiger partial charge in [0.25, 0.3) is 0 Å². The second kappa shape index (κ2) is 6.03. The monoisotopic (exact) mass is 256 g/mol. The zero-order valence-corrected chi connectivity index (χ0v) is 10.7. The van der Waals surface area contributed by atoms with Gasteiger partial charge in [-0.25, -0.2) is 9.97 Å². The van der Waals surface area contributed by atoms with E-state index in [1.165, 1.54) is 6.33 Å². The molecule has 2 rings (SSSR count). The van der Waals surface area contributed by atoms with Gasteiger partial charge < -0.3 is 5.32 Å². The van der Waals surface area contributed by atoms with Gasteiger partial charge in [0.15, 0.2) is 0 Å². The van der Waals surface area contributed by atoms with E-state index in [0.29, 0.717) is 12.1 Å². The van der Waals surface area contributed by atoms with Crippen molar-refractivity contribution >= 4 is 17.4 Å². The maximum atomic E-state index is 9.20. The molecule has 0 saturated heterocycles. The van der Waals surface area contributed by atoms with E-state index >= 15 is 0 Å². The lowest BCUT2D eigenvalue weighted by molar-refractivity contribution is 1.00. The van der Waals surface area contributed by atoms with E-state index in [1.807, 2.05) is 30.5 Å². The molecule has 0 fully saturated rings. The molecule has 0 atom stereocenters. The van der Waals surface area contributed by atoms with E-state index in [2.05, 4.69) is 21.4 Å². The first-order chi connectivity index (χ1) is 8.85. The number of nitrogens with zero attached hydrogens (tertiary/aromatic N) is 3. The summed E-state index contributed by atoms with van der Waals surface area (Å²) in [5.74, 6) is 0. The molecule has 5 heteroatoms. The largest absolute Gasteiger partial charge is 0.378 e. The number of nitrogens with one attached hydrogen (secondary N) is 1. The summed E-state index contributed by atoms with van der Waals surface area (Å²) in [5.41, 5.74) is 2.41. The highest BCUT2D eigenvalue weighted by Crippen LogP contribution is 2.26. The Balaban J connectivity index is 2.17. The highest BCUT2D eigenvalue weighted by atomic mass is 32.2. The molecule has 2 aromatic rings. The van der Waals surface area contributed by atoms with Crippen LogP contribution in [0.2, 0.25) is 0 Å². The van der Waals surface area contributed by atoms with Gasteiger partial charge in [0.05, 0.1) is 23.5 Å². The quantitative estimate of drug-likeness (QED) is 0.852. The molecule has 0 bridgehead atoms. The molecule has 1 N–H and O–H groups in total. The molecule has 0 unspecified atom stereocenters. The summed E-state index contributed by atoms with van der Waals surface area (Å²) in [5, 5.41) is 12.4. The lowest BCUT2D eigenvalue weighted by atomic mass is 10.2. The van der Waals surface area contributed by atoms with E-state index in [9.17, 15) is 5.26 Å². The SMILES string of the molecule is CSc1cccc(NCc2ccncn2)c1C#N. The third-order valence-corrected chi connectivity index (χ3v) is 3.24. The van der Waals surface area contributed by atoms with Crippen molar-refractivity contribution in [3.8, 4) is 6.07 Å². The number of nitriles is 1. The van der Waals surface area contributed by atoms with Gasteiger partial charge in [-0.1, -0.05) is 6.07 Å². The number of aromatic nitrogens is 2. The summed E-state index contributed by atoms with van der Waals surface area (Å²) in [6.07, 6.45) is 5.18. The van der Waals surface area contributed by atoms with Crippen molar-refractivity contribution in [2.24, 2.45) is 0 Å². The molecule has 0 aliphatic heterocycles. The van der Waals surface area contributed by atoms with Gasteiger partial charge in [-0.2, -0.15) is 5.26 Å². The molecule has 0 spiro atoms. The smallest absolute Gasteiger partial charge is 0.115 e. The van der Waals surface area contributed by atoms with Gasteiger partial charge in [0.2, 0.25) is 0 Å². The minimum absolute atomic E-state index is 0.578. The molecule has 1 aromatic carbocycles. The molecule has 0 radical (unpaired) electrons. The predicted octanol–water partition coefficient (Wildman–Crippen LogP) is 2.68. The fourth-order valence-electron chi connectivity index (χ4n) is 1.57. The second-order valence-electron chi connectivity index (χ2n) is 3.55. The maximum Gasteiger partial charge on any atom is 0.115 e. The first-order valence-corrected chi connectivity index (χ1v) is 6.63. The van der Waals surface area contributed by atoms with Crippen molar-refractivity contribution in [3.05, 3.63) is 48.0 Å². The Morgan fingerprint density at radius 3 is 2.94 bits per heavy atom. The lowest BCUT2D eigenvalue weighted by Crippen LogP contribution is -2.03. The molecule has 0 saturated carbocycles. The highest BCUT2D eigenvalue weighted by molar-refractivity contribution is 7.98. The maximum absolute atomic E-state index is 9.20. The number of rotatable bonds is 4. The van der Waals surface area contributed by atoms with E-state index in [-0.39, 0.29) is 0 Å². The molecule has 18 heavy (non-hydrogen) atoms. The summed E-state index contributed by atoms with van der Waals surface area (Å²) < 4.78 is 0. The second-order valence-corrected chi connectivity index (χ2v) is 4.40. The van der Waals surface area contributed by atoms with Crippen LogP contribution in [0.15, 0.2) is 41.7 Å². The lowest BCUT2D eigenvalue weighted by Gasteiger charge is -2.09. The number of benzene rings is 1. The van der Waals surface area contributed by atoms with Crippen molar-refractivity contribution in [3.63, 3.8) is 0 Å². The molecule has 0 aliphatic rings. The van der Waals surface area contributed by atoms with Crippen LogP contribution in [-0.2, 0) is 6.54 Å². The Kier molecular flexibility index (Phi) is 4.15. The molecule has 1 heterocycles. The van der Waals surface area contributed by atoms with Gasteiger partial charge >= 0.3 is 0 Å². The summed E-state index contributed by atoms with van der Waals surface area (Å²) in [6.45, 7) is 0.578. The normalized spacial score (nSPS) is 9.78. The van der Waals surface area contributed by atoms with E-state index in [0.717, 1.165) is 16.3 Å². The summed E-state index contributed by atoms with van der Waals surface area (Å²) in [4.78, 5) is 8.97. The minimum atomic E-state index is 0.578. The van der Waals surface area contributed by atoms with Gasteiger partial charge in [-0.3, -0.25) is 0 Å². The van der Waals surface area contributed by atoms with Crippen LogP contribution in [-0.4, -0.2) is 16.2 Å². The fourth-order valence-corrected chi connectivity index (χ4v) is 2.15. The van der Waals surface area contributed by atoms with Gasteiger partial charge in [-0.15, -0.1) is 11.8 Å². The number of thioether (sulfide) groups is 1. The third kappa shape index (κ3) is 2.79. The van der Waals surface area contributed by atoms with Gasteiger partial charge in [0.1, 0.15) is 12.4 Å². The van der Waals surface area contributed by atoms with Crippen molar-refractivity contribution < 1.29 is 0 Å². The van der Waals surface area contributed by atoms with Crippen molar-refractivity contribution in [1.82, 2.24) is 9.97 Å². The molecule has 1 aromatic heterocycles. The van der Waals surface area contributed by atoms with Crippen LogP contribution in [0.1, 0.15) is 11.3 Å². The third-order valence-electron chi connectivity index (χ3n) is 2.46. The van der Waals surface area contributed by atoms with Crippen molar-refractivity contribution in [1.29, 1.82) is 5.26 Å². The Labute approximate surface area is 110 Å². The zero-order chi connectivity index (χ0) is 12.8. The fraction of sp³-hybridized carbons (Fsp3) is 0.154. The Hall–Kier alpha value is -2.06. The van der Waals surface area contributed by atoms with Crippen LogP contribution in [0.5, 0.6) is 0 Å². The van der Waals surface area contributed by atoms with Crippen LogP contribution in [0.3, 0.4) is 0 Å². The summed E-state index contributed by atoms with van der Waals surface area (Å²) >= 11 is 1.57. The average Bonchev–Trinajstić information content (AvgIpc) is 2.45.